The van der Waals surface area contributed by atoms with Gasteiger partial charge in [-0.15, -0.1) is 0 Å². The molecule has 0 bridgehead atoms. The van der Waals surface area contributed by atoms with Crippen molar-refractivity contribution in [2.45, 2.75) is 13.8 Å². The van der Waals surface area contributed by atoms with E-state index in [1.54, 1.807) is 0 Å². The van der Waals surface area contributed by atoms with Gasteiger partial charge in [0.15, 0.2) is 0 Å². The molecule has 0 spiro atoms. The lowest BCUT2D eigenvalue weighted by Gasteiger charge is -2.18. The minimum Gasteiger partial charge on any atom is -0.369 e. The van der Waals surface area contributed by atoms with E-state index in [2.05, 4.69) is 35.2 Å². The third kappa shape index (κ3) is 4.27. The normalized spacial score (nSPS) is 11.9. The fourth-order valence-electron chi connectivity index (χ4n) is 1.47. The van der Waals surface area contributed by atoms with Gasteiger partial charge in [0.05, 0.1) is 11.4 Å². The van der Waals surface area contributed by atoms with Crippen LogP contribution in [-0.4, -0.2) is 19.8 Å². The van der Waals surface area contributed by atoms with E-state index in [1.807, 2.05) is 50.4 Å². The van der Waals surface area contributed by atoms with Crippen molar-refractivity contribution in [3.05, 3.63) is 48.6 Å². The fourth-order valence-corrected chi connectivity index (χ4v) is 1.47. The van der Waals surface area contributed by atoms with E-state index in [9.17, 15) is 0 Å². The van der Waals surface area contributed by atoms with Crippen molar-refractivity contribution in [2.24, 2.45) is 4.99 Å². The summed E-state index contributed by atoms with van der Waals surface area (Å²) in [5.41, 5.74) is 2.14. The molecular formula is C15H20N2. The summed E-state index contributed by atoms with van der Waals surface area (Å²) in [7, 11) is 2.07. The molecule has 0 aromatic heterocycles. The molecule has 0 saturated carbocycles. The highest BCUT2D eigenvalue weighted by atomic mass is 15.1. The molecule has 0 aliphatic rings. The first-order valence-corrected chi connectivity index (χ1v) is 5.86. The third-order valence-corrected chi connectivity index (χ3v) is 2.40. The Balaban J connectivity index is 2.90. The van der Waals surface area contributed by atoms with Gasteiger partial charge in [-0.05, 0) is 32.1 Å². The zero-order chi connectivity index (χ0) is 12.5. The molecule has 0 radical (unpaired) electrons. The van der Waals surface area contributed by atoms with Crippen LogP contribution in [0.5, 0.6) is 0 Å². The number of rotatable bonds is 5. The highest BCUT2D eigenvalue weighted by Gasteiger charge is 2.03. The lowest BCUT2D eigenvalue weighted by molar-refractivity contribution is 1.03. The number of nitrogens with zero attached hydrogens (tertiary/aromatic N) is 2. The Bertz CT molecular complexity index is 417. The largest absolute Gasteiger partial charge is 0.369 e. The lowest BCUT2D eigenvalue weighted by Crippen LogP contribution is -2.16. The number of hydrogen-bond acceptors (Lipinski definition) is 2. The van der Waals surface area contributed by atoms with Crippen LogP contribution in [-0.2, 0) is 0 Å². The summed E-state index contributed by atoms with van der Waals surface area (Å²) < 4.78 is 0. The van der Waals surface area contributed by atoms with Crippen LogP contribution in [0.25, 0.3) is 0 Å². The number of allylic oxidation sites excluding steroid dienone is 3. The average Bonchev–Trinajstić information content (AvgIpc) is 2.37. The molecule has 0 atom stereocenters. The van der Waals surface area contributed by atoms with Gasteiger partial charge in [-0.3, -0.25) is 4.99 Å². The molecule has 0 aliphatic heterocycles. The van der Waals surface area contributed by atoms with Crippen molar-refractivity contribution in [3.63, 3.8) is 0 Å². The Kier molecular flexibility index (Phi) is 5.80. The molecule has 1 rings (SSSR count). The molecule has 2 heteroatoms. The van der Waals surface area contributed by atoms with Crippen LogP contribution in [0.4, 0.5) is 11.4 Å². The second kappa shape index (κ2) is 7.44. The summed E-state index contributed by atoms with van der Waals surface area (Å²) in [6.45, 7) is 4.91. The van der Waals surface area contributed by atoms with Gasteiger partial charge in [0.25, 0.3) is 0 Å². The Hall–Kier alpha value is -1.83. The second-order valence-electron chi connectivity index (χ2n) is 3.74. The molecule has 90 valence electrons. The van der Waals surface area contributed by atoms with Gasteiger partial charge in [-0.2, -0.15) is 0 Å². The summed E-state index contributed by atoms with van der Waals surface area (Å²) in [5.74, 6) is 0. The Morgan fingerprint density at radius 1 is 1.18 bits per heavy atom. The van der Waals surface area contributed by atoms with Crippen molar-refractivity contribution < 1.29 is 0 Å². The standard InChI is InChI=1S/C15H20N2/c1-4-6-12-16-14-10-8-9-11-15(14)17(3)13-7-5-2/h4-12H,13H2,1-3H3/b6-4-,7-5?,16-12?. The van der Waals surface area contributed by atoms with Crippen LogP contribution < -0.4 is 4.90 Å². The third-order valence-electron chi connectivity index (χ3n) is 2.40. The maximum Gasteiger partial charge on any atom is 0.0862 e. The van der Waals surface area contributed by atoms with Crippen molar-refractivity contribution >= 4 is 17.6 Å². The van der Waals surface area contributed by atoms with Crippen molar-refractivity contribution in [2.75, 3.05) is 18.5 Å². The van der Waals surface area contributed by atoms with Crippen LogP contribution in [0.3, 0.4) is 0 Å². The van der Waals surface area contributed by atoms with E-state index < -0.39 is 0 Å². The minimum absolute atomic E-state index is 0.895. The second-order valence-corrected chi connectivity index (χ2v) is 3.74. The number of likely N-dealkylation sites (N-methyl/N-ethyl adjacent to an activating group) is 1. The fraction of sp³-hybridized carbons (Fsp3) is 0.267. The molecule has 0 amide bonds. The maximum atomic E-state index is 4.45. The predicted octanol–water partition coefficient (Wildman–Crippen LogP) is 3.98. The van der Waals surface area contributed by atoms with E-state index in [0.29, 0.717) is 0 Å². The van der Waals surface area contributed by atoms with Gasteiger partial charge in [0.2, 0.25) is 0 Å². The summed E-state index contributed by atoms with van der Waals surface area (Å²) in [6.07, 6.45) is 9.91. The Morgan fingerprint density at radius 2 is 1.94 bits per heavy atom. The molecule has 0 aliphatic carbocycles. The van der Waals surface area contributed by atoms with Crippen molar-refractivity contribution in [3.8, 4) is 0 Å². The zero-order valence-corrected chi connectivity index (χ0v) is 10.8. The summed E-state index contributed by atoms with van der Waals surface area (Å²) in [5, 5.41) is 0. The van der Waals surface area contributed by atoms with E-state index in [0.717, 1.165) is 17.9 Å². The quantitative estimate of drug-likeness (QED) is 0.550. The summed E-state index contributed by atoms with van der Waals surface area (Å²) >= 11 is 0. The van der Waals surface area contributed by atoms with Crippen LogP contribution in [0.2, 0.25) is 0 Å². The zero-order valence-electron chi connectivity index (χ0n) is 10.8. The van der Waals surface area contributed by atoms with E-state index in [-0.39, 0.29) is 0 Å². The molecule has 1 aromatic rings. The average molecular weight is 228 g/mol. The van der Waals surface area contributed by atoms with Crippen LogP contribution in [0.1, 0.15) is 13.8 Å². The van der Waals surface area contributed by atoms with E-state index in [1.165, 1.54) is 0 Å². The van der Waals surface area contributed by atoms with E-state index >= 15 is 0 Å². The van der Waals surface area contributed by atoms with Gasteiger partial charge < -0.3 is 4.90 Å². The molecular weight excluding hydrogens is 208 g/mol. The SMILES string of the molecule is CC=CCN(C)c1ccccc1N=C/C=C\C. The van der Waals surface area contributed by atoms with E-state index in [4.69, 9.17) is 0 Å². The van der Waals surface area contributed by atoms with Crippen LogP contribution in [0.15, 0.2) is 53.6 Å². The molecule has 0 saturated heterocycles. The Morgan fingerprint density at radius 3 is 2.65 bits per heavy atom. The molecule has 0 N–H and O–H groups in total. The number of aliphatic imine (C=N–C) groups is 1. The van der Waals surface area contributed by atoms with Crippen LogP contribution >= 0.6 is 0 Å². The van der Waals surface area contributed by atoms with Gasteiger partial charge >= 0.3 is 0 Å². The van der Waals surface area contributed by atoms with Gasteiger partial charge in [-0.25, -0.2) is 0 Å². The molecule has 0 heterocycles. The molecule has 17 heavy (non-hydrogen) atoms. The monoisotopic (exact) mass is 228 g/mol. The van der Waals surface area contributed by atoms with Gasteiger partial charge in [-0.1, -0.05) is 30.4 Å². The summed E-state index contributed by atoms with van der Waals surface area (Å²) in [4.78, 5) is 6.63. The number of anilines is 1. The van der Waals surface area contributed by atoms with Gasteiger partial charge in [0.1, 0.15) is 0 Å². The Labute approximate surface area is 104 Å². The minimum atomic E-state index is 0.895. The first-order valence-electron chi connectivity index (χ1n) is 5.86. The van der Waals surface area contributed by atoms with Crippen molar-refractivity contribution in [1.82, 2.24) is 0 Å². The predicted molar refractivity (Wildman–Crippen MR) is 77.5 cm³/mol. The number of benzene rings is 1. The lowest BCUT2D eigenvalue weighted by atomic mass is 10.2. The first kappa shape index (κ1) is 13.2. The van der Waals surface area contributed by atoms with Crippen LogP contribution in [0, 0.1) is 0 Å². The van der Waals surface area contributed by atoms with Gasteiger partial charge in [0, 0.05) is 19.8 Å². The molecule has 1 aromatic carbocycles. The molecule has 0 unspecified atom stereocenters. The van der Waals surface area contributed by atoms with Crippen molar-refractivity contribution in [1.29, 1.82) is 0 Å². The first-order chi connectivity index (χ1) is 8.29. The topological polar surface area (TPSA) is 15.6 Å². The maximum absolute atomic E-state index is 4.45. The number of para-hydroxylation sites is 2. The summed E-state index contributed by atoms with van der Waals surface area (Å²) in [6, 6.07) is 8.17. The number of hydrogen-bond donors (Lipinski definition) is 0. The highest BCUT2D eigenvalue weighted by molar-refractivity contribution is 5.78. The smallest absolute Gasteiger partial charge is 0.0862 e. The highest BCUT2D eigenvalue weighted by Crippen LogP contribution is 2.26. The molecule has 2 nitrogen and oxygen atoms in total. The molecule has 0 fully saturated rings.